The molecule has 16 heavy (non-hydrogen) atoms. The third-order valence-electron chi connectivity index (χ3n) is 2.29. The summed E-state index contributed by atoms with van der Waals surface area (Å²) in [6.07, 6.45) is 1.07. The summed E-state index contributed by atoms with van der Waals surface area (Å²) >= 11 is 7.29. The average molecular weight is 258 g/mol. The molecule has 1 atom stereocenters. The summed E-state index contributed by atoms with van der Waals surface area (Å²) in [5.74, 6) is -0.433. The topological polar surface area (TPSA) is 33.1 Å². The monoisotopic (exact) mass is 257 g/mol. The third kappa shape index (κ3) is 1.96. The number of halogens is 2. The normalized spacial score (nSPS) is 14.8. The fourth-order valence-corrected chi connectivity index (χ4v) is 2.73. The van der Waals surface area contributed by atoms with E-state index in [0.717, 1.165) is 6.20 Å². The van der Waals surface area contributed by atoms with E-state index in [-0.39, 0.29) is 0 Å². The molecular weight excluding hydrogens is 249 g/mol. The molecule has 0 fully saturated rings. The van der Waals surface area contributed by atoms with Crippen LogP contribution in [0.1, 0.15) is 17.5 Å². The van der Waals surface area contributed by atoms with Crippen LogP contribution in [-0.4, -0.2) is 10.1 Å². The molecule has 1 unspecified atom stereocenters. The summed E-state index contributed by atoms with van der Waals surface area (Å²) in [6, 6.07) is 4.42. The van der Waals surface area contributed by atoms with Gasteiger partial charge in [0, 0.05) is 0 Å². The molecule has 2 aromatic heterocycles. The molecule has 0 radical (unpaired) electrons. The maximum absolute atomic E-state index is 12.7. The number of hydrogen-bond acceptors (Lipinski definition) is 3. The second kappa shape index (κ2) is 4.13. The van der Waals surface area contributed by atoms with Gasteiger partial charge in [0.1, 0.15) is 11.4 Å². The summed E-state index contributed by atoms with van der Waals surface area (Å²) in [5, 5.41) is 12.6. The number of pyridine rings is 1. The van der Waals surface area contributed by atoms with Crippen molar-refractivity contribution in [1.29, 1.82) is 0 Å². The molecule has 84 valence electrons. The van der Waals surface area contributed by atoms with Gasteiger partial charge in [-0.05, 0) is 30.5 Å². The lowest BCUT2D eigenvalue weighted by molar-refractivity contribution is 0.101. The van der Waals surface area contributed by atoms with Crippen molar-refractivity contribution in [2.24, 2.45) is 0 Å². The minimum absolute atomic E-state index is 0.373. The maximum Gasteiger partial charge on any atom is 0.141 e. The largest absolute Gasteiger partial charge is 0.378 e. The van der Waals surface area contributed by atoms with Gasteiger partial charge in [0.05, 0.1) is 21.8 Å². The van der Waals surface area contributed by atoms with E-state index in [2.05, 4.69) is 4.98 Å². The van der Waals surface area contributed by atoms with E-state index >= 15 is 0 Å². The van der Waals surface area contributed by atoms with Crippen LogP contribution >= 0.6 is 22.9 Å². The van der Waals surface area contributed by atoms with E-state index in [1.165, 1.54) is 23.5 Å². The van der Waals surface area contributed by atoms with Gasteiger partial charge in [-0.2, -0.15) is 0 Å². The lowest BCUT2D eigenvalue weighted by Gasteiger charge is -2.21. The molecule has 0 aliphatic rings. The van der Waals surface area contributed by atoms with Crippen molar-refractivity contribution in [3.63, 3.8) is 0 Å². The van der Waals surface area contributed by atoms with Gasteiger partial charge in [-0.1, -0.05) is 11.6 Å². The highest BCUT2D eigenvalue weighted by molar-refractivity contribution is 7.10. The molecule has 0 bridgehead atoms. The van der Waals surface area contributed by atoms with Gasteiger partial charge in [0.2, 0.25) is 0 Å². The number of rotatable bonds is 2. The van der Waals surface area contributed by atoms with Gasteiger partial charge in [-0.3, -0.25) is 4.98 Å². The van der Waals surface area contributed by atoms with Gasteiger partial charge < -0.3 is 5.11 Å². The van der Waals surface area contributed by atoms with Crippen molar-refractivity contribution in [3.05, 3.63) is 51.2 Å². The standard InChI is InChI=1S/C11H9ClFNOS/c1-11(15,10-8(12)4-5-16-10)9-3-2-7(13)6-14-9/h2-6,15H,1H3. The Kier molecular flexibility index (Phi) is 2.97. The molecule has 0 amide bonds. The fourth-order valence-electron chi connectivity index (χ4n) is 1.42. The Morgan fingerprint density at radius 2 is 2.19 bits per heavy atom. The molecule has 0 saturated carbocycles. The molecule has 2 heterocycles. The van der Waals surface area contributed by atoms with Crippen LogP contribution in [0.2, 0.25) is 5.02 Å². The van der Waals surface area contributed by atoms with Gasteiger partial charge >= 0.3 is 0 Å². The lowest BCUT2D eigenvalue weighted by Crippen LogP contribution is -2.23. The number of aliphatic hydroxyl groups is 1. The Balaban J connectivity index is 2.46. The van der Waals surface area contributed by atoms with Crippen LogP contribution in [0.15, 0.2) is 29.8 Å². The van der Waals surface area contributed by atoms with E-state index in [0.29, 0.717) is 15.6 Å². The highest BCUT2D eigenvalue weighted by Crippen LogP contribution is 2.36. The van der Waals surface area contributed by atoms with Gasteiger partial charge in [-0.15, -0.1) is 11.3 Å². The number of hydrogen-bond donors (Lipinski definition) is 1. The molecule has 0 aliphatic heterocycles. The van der Waals surface area contributed by atoms with Crippen LogP contribution < -0.4 is 0 Å². The third-order valence-corrected chi connectivity index (χ3v) is 3.84. The molecule has 2 nitrogen and oxygen atoms in total. The minimum Gasteiger partial charge on any atom is -0.378 e. The predicted molar refractivity (Wildman–Crippen MR) is 62.2 cm³/mol. The predicted octanol–water partition coefficient (Wildman–Crippen LogP) is 3.19. The number of nitrogens with zero attached hydrogens (tertiary/aromatic N) is 1. The van der Waals surface area contributed by atoms with Crippen LogP contribution in [0, 0.1) is 5.82 Å². The zero-order valence-electron chi connectivity index (χ0n) is 8.45. The molecule has 0 saturated heterocycles. The highest BCUT2D eigenvalue weighted by Gasteiger charge is 2.30. The van der Waals surface area contributed by atoms with Crippen LogP contribution in [0.5, 0.6) is 0 Å². The van der Waals surface area contributed by atoms with Crippen LogP contribution in [0.4, 0.5) is 4.39 Å². The second-order valence-corrected chi connectivity index (χ2v) is 4.85. The molecule has 0 aliphatic carbocycles. The SMILES string of the molecule is CC(O)(c1ccc(F)cn1)c1sccc1Cl. The van der Waals surface area contributed by atoms with E-state index in [9.17, 15) is 9.50 Å². The van der Waals surface area contributed by atoms with Gasteiger partial charge in [0.25, 0.3) is 0 Å². The first-order chi connectivity index (χ1) is 7.51. The van der Waals surface area contributed by atoms with Crippen LogP contribution in [0.3, 0.4) is 0 Å². The van der Waals surface area contributed by atoms with Gasteiger partial charge in [-0.25, -0.2) is 4.39 Å². The first kappa shape index (κ1) is 11.5. The number of aromatic nitrogens is 1. The van der Waals surface area contributed by atoms with Crippen molar-refractivity contribution < 1.29 is 9.50 Å². The van der Waals surface area contributed by atoms with Crippen LogP contribution in [-0.2, 0) is 5.60 Å². The summed E-state index contributed by atoms with van der Waals surface area (Å²) < 4.78 is 12.7. The Bertz CT molecular complexity index is 495. The van der Waals surface area contributed by atoms with Crippen LogP contribution in [0.25, 0.3) is 0 Å². The second-order valence-electron chi connectivity index (χ2n) is 3.53. The molecule has 2 rings (SSSR count). The molecule has 0 spiro atoms. The summed E-state index contributed by atoms with van der Waals surface area (Å²) in [6.45, 7) is 1.59. The highest BCUT2D eigenvalue weighted by atomic mass is 35.5. The zero-order chi connectivity index (χ0) is 11.8. The molecule has 5 heteroatoms. The fraction of sp³-hybridized carbons (Fsp3) is 0.182. The summed E-state index contributed by atoms with van der Waals surface area (Å²) in [4.78, 5) is 4.47. The van der Waals surface area contributed by atoms with E-state index < -0.39 is 11.4 Å². The van der Waals surface area contributed by atoms with Crippen molar-refractivity contribution >= 4 is 22.9 Å². The first-order valence-electron chi connectivity index (χ1n) is 4.59. The maximum atomic E-state index is 12.7. The van der Waals surface area contributed by atoms with E-state index in [1.54, 1.807) is 18.4 Å². The lowest BCUT2D eigenvalue weighted by atomic mass is 10.00. The smallest absolute Gasteiger partial charge is 0.141 e. The van der Waals surface area contributed by atoms with E-state index in [4.69, 9.17) is 11.6 Å². The van der Waals surface area contributed by atoms with Crippen molar-refractivity contribution in [2.75, 3.05) is 0 Å². The number of thiophene rings is 1. The summed E-state index contributed by atoms with van der Waals surface area (Å²) in [7, 11) is 0. The average Bonchev–Trinajstić information content (AvgIpc) is 2.66. The zero-order valence-corrected chi connectivity index (χ0v) is 10.0. The Morgan fingerprint density at radius 1 is 1.44 bits per heavy atom. The van der Waals surface area contributed by atoms with Crippen molar-refractivity contribution in [2.45, 2.75) is 12.5 Å². The Labute approximate surface area is 101 Å². The quantitative estimate of drug-likeness (QED) is 0.896. The Hall–Kier alpha value is -0.970. The summed E-state index contributed by atoms with van der Waals surface area (Å²) in [5.41, 5.74) is -0.919. The molecular formula is C11H9ClFNOS. The Morgan fingerprint density at radius 3 is 2.69 bits per heavy atom. The first-order valence-corrected chi connectivity index (χ1v) is 5.85. The molecule has 1 N–H and O–H groups in total. The van der Waals surface area contributed by atoms with E-state index in [1.807, 2.05) is 0 Å². The molecule has 2 aromatic rings. The van der Waals surface area contributed by atoms with Crippen molar-refractivity contribution in [1.82, 2.24) is 4.98 Å². The molecule has 0 aromatic carbocycles. The van der Waals surface area contributed by atoms with Gasteiger partial charge in [0.15, 0.2) is 0 Å². The van der Waals surface area contributed by atoms with Crippen molar-refractivity contribution in [3.8, 4) is 0 Å². The minimum atomic E-state index is -1.29.